The standard InChI is InChI=1S/C9H11BrN4/c1-2-7(11)9-12-8-5-6(10)3-4-14(8)13-9/h3-5,7H,2,11H2,1H3. The molecule has 5 heteroatoms. The predicted molar refractivity (Wildman–Crippen MR) is 57.9 cm³/mol. The van der Waals surface area contributed by atoms with Gasteiger partial charge in [0.15, 0.2) is 11.5 Å². The van der Waals surface area contributed by atoms with Crippen molar-refractivity contribution in [3.63, 3.8) is 0 Å². The van der Waals surface area contributed by atoms with Crippen LogP contribution in [0.1, 0.15) is 25.2 Å². The zero-order valence-electron chi connectivity index (χ0n) is 7.81. The summed E-state index contributed by atoms with van der Waals surface area (Å²) >= 11 is 3.38. The lowest BCUT2D eigenvalue weighted by Gasteiger charge is -1.99. The Labute approximate surface area is 90.3 Å². The minimum atomic E-state index is -0.0753. The zero-order chi connectivity index (χ0) is 10.1. The van der Waals surface area contributed by atoms with Crippen LogP contribution in [0.2, 0.25) is 0 Å². The van der Waals surface area contributed by atoms with Crippen molar-refractivity contribution in [3.8, 4) is 0 Å². The van der Waals surface area contributed by atoms with Crippen LogP contribution in [0.5, 0.6) is 0 Å². The van der Waals surface area contributed by atoms with Gasteiger partial charge in [-0.2, -0.15) is 0 Å². The molecule has 1 unspecified atom stereocenters. The minimum Gasteiger partial charge on any atom is -0.321 e. The first-order chi connectivity index (χ1) is 6.70. The normalized spacial score (nSPS) is 13.4. The molecule has 0 aliphatic heterocycles. The van der Waals surface area contributed by atoms with Crippen molar-refractivity contribution in [1.82, 2.24) is 14.6 Å². The molecule has 2 aromatic heterocycles. The number of halogens is 1. The summed E-state index contributed by atoms with van der Waals surface area (Å²) in [4.78, 5) is 4.34. The highest BCUT2D eigenvalue weighted by Gasteiger charge is 2.09. The second-order valence-corrected chi connectivity index (χ2v) is 4.05. The molecule has 0 saturated carbocycles. The fraction of sp³-hybridized carbons (Fsp3) is 0.333. The molecule has 0 saturated heterocycles. The van der Waals surface area contributed by atoms with Crippen LogP contribution >= 0.6 is 15.9 Å². The first-order valence-corrected chi connectivity index (χ1v) is 5.27. The van der Waals surface area contributed by atoms with E-state index in [1.54, 1.807) is 4.52 Å². The number of nitrogens with zero attached hydrogens (tertiary/aromatic N) is 3. The third-order valence-corrected chi connectivity index (χ3v) is 2.58. The molecule has 0 fully saturated rings. The third kappa shape index (κ3) is 1.65. The Morgan fingerprint density at radius 1 is 1.64 bits per heavy atom. The van der Waals surface area contributed by atoms with Crippen LogP contribution in [0, 0.1) is 0 Å². The number of nitrogens with two attached hydrogens (primary N) is 1. The fourth-order valence-electron chi connectivity index (χ4n) is 1.21. The van der Waals surface area contributed by atoms with Crippen molar-refractivity contribution in [3.05, 3.63) is 28.6 Å². The van der Waals surface area contributed by atoms with Gasteiger partial charge in [0.25, 0.3) is 0 Å². The van der Waals surface area contributed by atoms with Crippen LogP contribution in [0.4, 0.5) is 0 Å². The van der Waals surface area contributed by atoms with Crippen molar-refractivity contribution in [2.45, 2.75) is 19.4 Å². The van der Waals surface area contributed by atoms with Gasteiger partial charge >= 0.3 is 0 Å². The van der Waals surface area contributed by atoms with Gasteiger partial charge in [0, 0.05) is 10.7 Å². The van der Waals surface area contributed by atoms with Gasteiger partial charge in [0.1, 0.15) is 0 Å². The molecule has 14 heavy (non-hydrogen) atoms. The van der Waals surface area contributed by atoms with E-state index in [2.05, 4.69) is 26.0 Å². The van der Waals surface area contributed by atoms with E-state index < -0.39 is 0 Å². The molecule has 4 nitrogen and oxygen atoms in total. The number of hydrogen-bond donors (Lipinski definition) is 1. The van der Waals surface area contributed by atoms with E-state index in [1.165, 1.54) is 0 Å². The van der Waals surface area contributed by atoms with E-state index in [1.807, 2.05) is 25.3 Å². The Balaban J connectivity index is 2.51. The van der Waals surface area contributed by atoms with Gasteiger partial charge < -0.3 is 5.73 Å². The van der Waals surface area contributed by atoms with E-state index in [9.17, 15) is 0 Å². The number of rotatable bonds is 2. The highest BCUT2D eigenvalue weighted by molar-refractivity contribution is 9.10. The van der Waals surface area contributed by atoms with Gasteiger partial charge in [-0.05, 0) is 18.6 Å². The summed E-state index contributed by atoms with van der Waals surface area (Å²) in [6.07, 6.45) is 2.70. The van der Waals surface area contributed by atoms with E-state index in [-0.39, 0.29) is 6.04 Å². The van der Waals surface area contributed by atoms with Gasteiger partial charge in [0.05, 0.1) is 6.04 Å². The molecule has 2 aromatic rings. The molecule has 0 radical (unpaired) electrons. The lowest BCUT2D eigenvalue weighted by molar-refractivity contribution is 0.647. The van der Waals surface area contributed by atoms with Crippen LogP contribution in [-0.2, 0) is 0 Å². The molecule has 74 valence electrons. The van der Waals surface area contributed by atoms with Gasteiger partial charge in [-0.15, -0.1) is 5.10 Å². The van der Waals surface area contributed by atoms with Crippen LogP contribution in [-0.4, -0.2) is 14.6 Å². The third-order valence-electron chi connectivity index (χ3n) is 2.09. The average Bonchev–Trinajstić information content (AvgIpc) is 2.59. The molecule has 2 N–H and O–H groups in total. The topological polar surface area (TPSA) is 56.2 Å². The molecule has 0 bridgehead atoms. The first kappa shape index (κ1) is 9.61. The van der Waals surface area contributed by atoms with Gasteiger partial charge in [-0.25, -0.2) is 9.50 Å². The van der Waals surface area contributed by atoms with E-state index in [4.69, 9.17) is 5.73 Å². The van der Waals surface area contributed by atoms with Crippen molar-refractivity contribution in [2.75, 3.05) is 0 Å². The molecule has 0 spiro atoms. The Morgan fingerprint density at radius 2 is 2.43 bits per heavy atom. The molecule has 0 aliphatic carbocycles. The number of aromatic nitrogens is 3. The molecule has 0 amide bonds. The van der Waals surface area contributed by atoms with Crippen LogP contribution < -0.4 is 5.73 Å². The Hall–Kier alpha value is -0.940. The van der Waals surface area contributed by atoms with Crippen molar-refractivity contribution < 1.29 is 0 Å². The minimum absolute atomic E-state index is 0.0753. The van der Waals surface area contributed by atoms with Crippen molar-refractivity contribution >= 4 is 21.6 Å². The van der Waals surface area contributed by atoms with Crippen LogP contribution in [0.25, 0.3) is 5.65 Å². The van der Waals surface area contributed by atoms with Gasteiger partial charge in [-0.1, -0.05) is 22.9 Å². The maximum atomic E-state index is 5.85. The quantitative estimate of drug-likeness (QED) is 0.891. The predicted octanol–water partition coefficient (Wildman–Crippen LogP) is 1.90. The zero-order valence-corrected chi connectivity index (χ0v) is 9.40. The molecule has 2 heterocycles. The van der Waals surface area contributed by atoms with E-state index >= 15 is 0 Å². The first-order valence-electron chi connectivity index (χ1n) is 4.48. The van der Waals surface area contributed by atoms with E-state index in [0.717, 1.165) is 16.5 Å². The number of hydrogen-bond acceptors (Lipinski definition) is 3. The molecule has 1 atom stereocenters. The van der Waals surface area contributed by atoms with Gasteiger partial charge in [-0.3, -0.25) is 0 Å². The van der Waals surface area contributed by atoms with Crippen LogP contribution in [0.15, 0.2) is 22.8 Å². The lowest BCUT2D eigenvalue weighted by Crippen LogP contribution is -2.10. The summed E-state index contributed by atoms with van der Waals surface area (Å²) < 4.78 is 2.73. The SMILES string of the molecule is CCC(N)c1nc2cc(Br)ccn2n1. The maximum Gasteiger partial charge on any atom is 0.168 e. The van der Waals surface area contributed by atoms with Gasteiger partial charge in [0.2, 0.25) is 0 Å². The number of fused-ring (bicyclic) bond motifs is 1. The molecular formula is C9H11BrN4. The second kappa shape index (κ2) is 3.67. The highest BCUT2D eigenvalue weighted by atomic mass is 79.9. The summed E-state index contributed by atoms with van der Waals surface area (Å²) in [5, 5.41) is 4.28. The molecular weight excluding hydrogens is 244 g/mol. The monoisotopic (exact) mass is 254 g/mol. The number of pyridine rings is 1. The van der Waals surface area contributed by atoms with Crippen molar-refractivity contribution in [2.24, 2.45) is 5.73 Å². The summed E-state index contributed by atoms with van der Waals surface area (Å²) in [6.45, 7) is 2.02. The second-order valence-electron chi connectivity index (χ2n) is 3.13. The Kier molecular flexibility index (Phi) is 2.52. The fourth-order valence-corrected chi connectivity index (χ4v) is 1.54. The maximum absolute atomic E-state index is 5.85. The Morgan fingerprint density at radius 3 is 3.14 bits per heavy atom. The van der Waals surface area contributed by atoms with Crippen molar-refractivity contribution in [1.29, 1.82) is 0 Å². The molecule has 0 aliphatic rings. The summed E-state index contributed by atoms with van der Waals surface area (Å²) in [5.41, 5.74) is 6.66. The average molecular weight is 255 g/mol. The molecule has 2 rings (SSSR count). The smallest absolute Gasteiger partial charge is 0.168 e. The Bertz CT molecular complexity index is 451. The summed E-state index contributed by atoms with van der Waals surface area (Å²) in [7, 11) is 0. The van der Waals surface area contributed by atoms with E-state index in [0.29, 0.717) is 5.82 Å². The lowest BCUT2D eigenvalue weighted by atomic mass is 10.2. The summed E-state index contributed by atoms with van der Waals surface area (Å²) in [6, 6.07) is 3.76. The van der Waals surface area contributed by atoms with Crippen LogP contribution in [0.3, 0.4) is 0 Å². The highest BCUT2D eigenvalue weighted by Crippen LogP contribution is 2.14. The largest absolute Gasteiger partial charge is 0.321 e. The summed E-state index contributed by atoms with van der Waals surface area (Å²) in [5.74, 6) is 0.700. The molecule has 0 aromatic carbocycles.